The van der Waals surface area contributed by atoms with Crippen molar-refractivity contribution in [3.63, 3.8) is 0 Å². The van der Waals surface area contributed by atoms with Gasteiger partial charge < -0.3 is 15.4 Å². The lowest BCUT2D eigenvalue weighted by Gasteiger charge is -2.13. The van der Waals surface area contributed by atoms with Crippen molar-refractivity contribution < 1.29 is 36.3 Å². The maximum atomic E-state index is 13.1. The topological polar surface area (TPSA) is 137 Å². The van der Waals surface area contributed by atoms with Crippen molar-refractivity contribution in [2.75, 3.05) is 0 Å². The first-order valence-corrected chi connectivity index (χ1v) is 13.6. The number of nitrogens with one attached hydrogen (secondary N) is 2. The molecule has 11 nitrogen and oxygen atoms in total. The van der Waals surface area contributed by atoms with Crippen molar-refractivity contribution in [1.29, 1.82) is 0 Å². The van der Waals surface area contributed by atoms with Crippen LogP contribution in [0.3, 0.4) is 0 Å². The Kier molecular flexibility index (Phi) is 9.95. The second-order valence-corrected chi connectivity index (χ2v) is 10.3. The van der Waals surface area contributed by atoms with E-state index in [1.54, 1.807) is 12.1 Å². The minimum Gasteiger partial charge on any atom is -0.433 e. The summed E-state index contributed by atoms with van der Waals surface area (Å²) in [6, 6.07) is 7.71. The lowest BCUT2D eigenvalue weighted by atomic mass is 10.2. The standard InChI is InChI=1S/C26H25F5N8O3S/c1-25(27,28)42-19-6-4-5-16(11-19)13-33-22(40)20-15-39(38-35-20)10-3-2-7-21-36-37-24(43-21)23(41)34-14-18-12-17(8-9-32-18)26(29,30)31/h4-6,8-9,11-12,15H,2-3,7,10,13-14H2,1H3,(H,33,40)(H,34,41). The summed E-state index contributed by atoms with van der Waals surface area (Å²) in [6.45, 7) is 0.969. The summed E-state index contributed by atoms with van der Waals surface area (Å²) in [5, 5.41) is 21.5. The molecule has 0 saturated carbocycles. The molecule has 43 heavy (non-hydrogen) atoms. The first-order chi connectivity index (χ1) is 20.4. The van der Waals surface area contributed by atoms with Gasteiger partial charge in [0.15, 0.2) is 5.69 Å². The van der Waals surface area contributed by atoms with Gasteiger partial charge in [0.05, 0.1) is 24.0 Å². The second kappa shape index (κ2) is 13.6. The molecule has 0 aliphatic carbocycles. The molecule has 2 amide bonds. The molecule has 0 radical (unpaired) electrons. The van der Waals surface area contributed by atoms with E-state index in [0.29, 0.717) is 43.3 Å². The van der Waals surface area contributed by atoms with Crippen molar-refractivity contribution in [2.24, 2.45) is 0 Å². The molecule has 228 valence electrons. The van der Waals surface area contributed by atoms with Crippen LogP contribution >= 0.6 is 11.3 Å². The molecule has 0 atom stereocenters. The Hall–Kier alpha value is -4.54. The molecule has 0 spiro atoms. The van der Waals surface area contributed by atoms with E-state index in [0.717, 1.165) is 29.7 Å². The molecule has 0 unspecified atom stereocenters. The van der Waals surface area contributed by atoms with Crippen LogP contribution in [-0.2, 0) is 32.2 Å². The minimum absolute atomic E-state index is 0.0233. The highest BCUT2D eigenvalue weighted by molar-refractivity contribution is 7.13. The number of amides is 2. The van der Waals surface area contributed by atoms with Crippen LogP contribution in [0.25, 0.3) is 0 Å². The number of ether oxygens (including phenoxy) is 1. The van der Waals surface area contributed by atoms with Gasteiger partial charge in [-0.2, -0.15) is 22.0 Å². The van der Waals surface area contributed by atoms with Gasteiger partial charge in [0, 0.05) is 32.6 Å². The maximum Gasteiger partial charge on any atom is 0.416 e. The van der Waals surface area contributed by atoms with Crippen molar-refractivity contribution in [1.82, 2.24) is 40.8 Å². The fraction of sp³-hybridized carbons (Fsp3) is 0.346. The van der Waals surface area contributed by atoms with Crippen LogP contribution in [0.15, 0.2) is 48.8 Å². The Labute approximate surface area is 245 Å². The molecule has 0 bridgehead atoms. The fourth-order valence-corrected chi connectivity index (χ4v) is 4.50. The van der Waals surface area contributed by atoms with Crippen molar-refractivity contribution in [3.05, 3.63) is 81.3 Å². The summed E-state index contributed by atoms with van der Waals surface area (Å²) < 4.78 is 70.7. The quantitative estimate of drug-likeness (QED) is 0.165. The molecule has 0 fully saturated rings. The first-order valence-electron chi connectivity index (χ1n) is 12.8. The molecule has 4 aromatic rings. The number of pyridine rings is 1. The monoisotopic (exact) mass is 624 g/mol. The van der Waals surface area contributed by atoms with E-state index in [9.17, 15) is 31.5 Å². The number of alkyl halides is 5. The molecular formula is C26H25F5N8O3S. The average Bonchev–Trinajstić information content (AvgIpc) is 3.62. The Balaban J connectivity index is 1.17. The first kappa shape index (κ1) is 31.4. The van der Waals surface area contributed by atoms with Crippen LogP contribution in [0.4, 0.5) is 22.0 Å². The van der Waals surface area contributed by atoms with Gasteiger partial charge in [0.2, 0.25) is 5.01 Å². The number of carbonyl (C=O) groups is 2. The van der Waals surface area contributed by atoms with Gasteiger partial charge in [0.25, 0.3) is 11.8 Å². The SMILES string of the molecule is CC(F)(F)Oc1cccc(CNC(=O)c2cn(CCCCc3nnc(C(=O)NCc4cc(C(F)(F)F)ccn4)s3)nn2)c1. The molecule has 1 aromatic carbocycles. The van der Waals surface area contributed by atoms with Crippen molar-refractivity contribution in [3.8, 4) is 5.75 Å². The zero-order valence-corrected chi connectivity index (χ0v) is 23.4. The smallest absolute Gasteiger partial charge is 0.416 e. The number of halogens is 5. The lowest BCUT2D eigenvalue weighted by Crippen LogP contribution is -2.23. The lowest BCUT2D eigenvalue weighted by molar-refractivity contribution is -0.159. The molecule has 2 N–H and O–H groups in total. The van der Waals surface area contributed by atoms with Gasteiger partial charge in [0.1, 0.15) is 10.8 Å². The highest BCUT2D eigenvalue weighted by Crippen LogP contribution is 2.29. The van der Waals surface area contributed by atoms with E-state index in [2.05, 4.69) is 40.9 Å². The second-order valence-electron chi connectivity index (χ2n) is 9.28. The average molecular weight is 625 g/mol. The molecule has 3 aromatic heterocycles. The molecule has 0 aliphatic rings. The summed E-state index contributed by atoms with van der Waals surface area (Å²) in [6.07, 6.45) is -3.47. The maximum absolute atomic E-state index is 13.1. The summed E-state index contributed by atoms with van der Waals surface area (Å²) >= 11 is 1.08. The van der Waals surface area contributed by atoms with Crippen molar-refractivity contribution >= 4 is 23.2 Å². The molecule has 3 heterocycles. The number of benzene rings is 1. The van der Waals surface area contributed by atoms with E-state index < -0.39 is 29.7 Å². The highest BCUT2D eigenvalue weighted by Gasteiger charge is 2.30. The predicted octanol–water partition coefficient (Wildman–Crippen LogP) is 4.42. The zero-order chi connectivity index (χ0) is 31.0. The number of hydrogen-bond acceptors (Lipinski definition) is 9. The van der Waals surface area contributed by atoms with Gasteiger partial charge in [-0.15, -0.1) is 15.3 Å². The number of carbonyl (C=O) groups excluding carboxylic acids is 2. The Morgan fingerprint density at radius 1 is 0.977 bits per heavy atom. The number of aromatic nitrogens is 6. The summed E-state index contributed by atoms with van der Waals surface area (Å²) in [5.41, 5.74) is -0.141. The number of unbranched alkanes of at least 4 members (excludes halogenated alkanes) is 1. The Morgan fingerprint density at radius 3 is 2.53 bits per heavy atom. The number of nitrogens with zero attached hydrogens (tertiary/aromatic N) is 6. The van der Waals surface area contributed by atoms with Gasteiger partial charge >= 0.3 is 12.3 Å². The van der Waals surface area contributed by atoms with E-state index in [1.807, 2.05) is 0 Å². The van der Waals surface area contributed by atoms with Gasteiger partial charge in [-0.25, -0.2) is 0 Å². The van der Waals surface area contributed by atoms with Gasteiger partial charge in [-0.05, 0) is 42.7 Å². The molecule has 0 saturated heterocycles. The van der Waals surface area contributed by atoms with E-state index >= 15 is 0 Å². The largest absolute Gasteiger partial charge is 0.433 e. The molecule has 4 rings (SSSR count). The predicted molar refractivity (Wildman–Crippen MR) is 142 cm³/mol. The van der Waals surface area contributed by atoms with Crippen LogP contribution in [-0.4, -0.2) is 48.1 Å². The third-order valence-electron chi connectivity index (χ3n) is 5.68. The van der Waals surface area contributed by atoms with Crippen LogP contribution in [0, 0.1) is 0 Å². The number of rotatable bonds is 13. The minimum atomic E-state index is -4.51. The summed E-state index contributed by atoms with van der Waals surface area (Å²) in [4.78, 5) is 28.6. The summed E-state index contributed by atoms with van der Waals surface area (Å²) in [5.74, 6) is -1.08. The summed E-state index contributed by atoms with van der Waals surface area (Å²) in [7, 11) is 0. The van der Waals surface area contributed by atoms with Crippen LogP contribution in [0.1, 0.15) is 61.9 Å². The fourth-order valence-electron chi connectivity index (χ4n) is 3.70. The number of hydrogen-bond donors (Lipinski definition) is 2. The third kappa shape index (κ3) is 9.76. The van der Waals surface area contributed by atoms with E-state index in [1.165, 1.54) is 23.0 Å². The van der Waals surface area contributed by atoms with E-state index in [4.69, 9.17) is 0 Å². The van der Waals surface area contributed by atoms with Crippen molar-refractivity contribution in [2.45, 2.75) is 58.1 Å². The highest BCUT2D eigenvalue weighted by atomic mass is 32.1. The molecule has 17 heteroatoms. The zero-order valence-electron chi connectivity index (χ0n) is 22.6. The van der Waals surface area contributed by atoms with E-state index in [-0.39, 0.29) is 35.2 Å². The normalized spacial score (nSPS) is 11.8. The number of aryl methyl sites for hydroxylation is 2. The van der Waals surface area contributed by atoms with Gasteiger partial charge in [-0.1, -0.05) is 28.7 Å². The van der Waals surface area contributed by atoms with Crippen LogP contribution in [0.5, 0.6) is 5.75 Å². The van der Waals surface area contributed by atoms with Gasteiger partial charge in [-0.3, -0.25) is 19.3 Å². The third-order valence-corrected chi connectivity index (χ3v) is 6.66. The van der Waals surface area contributed by atoms with Crippen LogP contribution in [0.2, 0.25) is 0 Å². The Morgan fingerprint density at radius 2 is 1.77 bits per heavy atom. The van der Waals surface area contributed by atoms with Crippen LogP contribution < -0.4 is 15.4 Å². The molecule has 0 aliphatic heterocycles. The molecular weight excluding hydrogens is 599 g/mol. The Bertz CT molecular complexity index is 1550.